The number of hydrogen-bond donors (Lipinski definition) is 0. The van der Waals surface area contributed by atoms with Crippen LogP contribution in [0.4, 0.5) is 0 Å². The van der Waals surface area contributed by atoms with Crippen LogP contribution in [0.15, 0.2) is 159 Å². The Kier molecular flexibility index (Phi) is 31.0. The maximum Gasteiger partial charge on any atom is 0.248 e. The molecule has 492 valence electrons. The lowest BCUT2D eigenvalue weighted by Gasteiger charge is -2.23. The fraction of sp³-hybridized carbons (Fsp3) is 0.450. The molecule has 0 amide bonds. The first kappa shape index (κ1) is 71.3. The molecule has 1 aliphatic rings. The fourth-order valence-electron chi connectivity index (χ4n) is 11.9. The van der Waals surface area contributed by atoms with E-state index in [0.717, 1.165) is 95.4 Å². The molecule has 12 heteroatoms. The molecule has 92 heavy (non-hydrogen) atoms. The normalized spacial score (nSPS) is 11.6. The summed E-state index contributed by atoms with van der Waals surface area (Å²) in [7, 11) is 0. The van der Waals surface area contributed by atoms with Gasteiger partial charge in [0.15, 0.2) is 0 Å². The van der Waals surface area contributed by atoms with Gasteiger partial charge in [0.1, 0.15) is 59.2 Å². The highest BCUT2D eigenvalue weighted by Crippen LogP contribution is 2.41. The fourth-order valence-corrected chi connectivity index (χ4v) is 11.9. The zero-order chi connectivity index (χ0) is 65.1. The molecule has 0 saturated carbocycles. The van der Waals surface area contributed by atoms with Gasteiger partial charge < -0.3 is 38.7 Å². The summed E-state index contributed by atoms with van der Waals surface area (Å²) in [5.41, 5.74) is 12.0. The molecule has 0 fully saturated rings. The molecule has 0 unspecified atom stereocenters. The first-order valence-corrected chi connectivity index (χ1v) is 34.8. The van der Waals surface area contributed by atoms with Gasteiger partial charge in [-0.25, -0.2) is 18.3 Å². The predicted molar refractivity (Wildman–Crippen MR) is 366 cm³/mol. The molecule has 0 atom stereocenters. The SMILES string of the molecule is CCCCCCCCCC[n+]1ccn(-c2cc3c(OCCC)c(c2)Cc2cccc(c2OCCC)Cc2cc(-n4cc[n+](CCCCCCCCCC)c4)cc(c2OCCC)Cc2cccc(c2OCCC)C3)c1.O=C([O-])c1ccccc1.O=C([O-])c1ccccc1. The largest absolute Gasteiger partial charge is 0.545 e. The highest BCUT2D eigenvalue weighted by Gasteiger charge is 2.25. The van der Waals surface area contributed by atoms with Crippen LogP contribution in [-0.2, 0) is 38.8 Å². The summed E-state index contributed by atoms with van der Waals surface area (Å²) in [6, 6.07) is 39.1. The van der Waals surface area contributed by atoms with Crippen molar-refractivity contribution in [2.24, 2.45) is 0 Å². The Morgan fingerprint density at radius 1 is 0.359 bits per heavy atom. The van der Waals surface area contributed by atoms with Gasteiger partial charge in [-0.05, 0) is 109 Å². The summed E-state index contributed by atoms with van der Waals surface area (Å²) in [6.07, 6.45) is 40.9. The second-order valence-corrected chi connectivity index (χ2v) is 24.5. The Morgan fingerprint density at radius 3 is 0.913 bits per heavy atom. The van der Waals surface area contributed by atoms with E-state index in [1.807, 2.05) is 0 Å². The maximum absolute atomic E-state index is 10.1. The van der Waals surface area contributed by atoms with Gasteiger partial charge in [-0.2, -0.15) is 0 Å². The van der Waals surface area contributed by atoms with E-state index >= 15 is 0 Å². The first-order chi connectivity index (χ1) is 45.1. The standard InChI is InChI=1S/C66H94N4O4.2C7H6O2/c1-7-13-15-17-19-21-23-25-33-67-35-37-69(51-67)61-47-57-43-53-29-27-31-55(63(53)71-39-9-3)45-59-49-62(70-38-36-68(52-70)34-26-24-22-20-18-16-14-8-2)50-60(66(59)74-42-12-6)46-56-32-28-30-54(64(56)72-40-10-4)44-58(48-61)65(57)73-41-11-5;2*8-7(9)6-4-2-1-3-5-6/h27-32,35-38,47-52H,7-26,33-34,39-46H2,1-6H3;2*1-5H,(H,8,9)/q+2;;/p-2. The lowest BCUT2D eigenvalue weighted by molar-refractivity contribution is -0.696. The molecule has 8 aromatic rings. The Hall–Kier alpha value is -8.12. The lowest BCUT2D eigenvalue weighted by atomic mass is 9.90. The van der Waals surface area contributed by atoms with E-state index < -0.39 is 11.9 Å². The Morgan fingerprint density at radius 2 is 0.641 bits per heavy atom. The van der Waals surface area contributed by atoms with Crippen LogP contribution >= 0.6 is 0 Å². The van der Waals surface area contributed by atoms with Gasteiger partial charge in [0.05, 0.1) is 51.5 Å². The van der Waals surface area contributed by atoms with Crippen molar-refractivity contribution in [1.29, 1.82) is 0 Å². The number of hydrogen-bond acceptors (Lipinski definition) is 8. The van der Waals surface area contributed by atoms with Gasteiger partial charge >= 0.3 is 0 Å². The number of benzene rings is 6. The third kappa shape index (κ3) is 22.6. The van der Waals surface area contributed by atoms with Gasteiger partial charge in [0.25, 0.3) is 0 Å². The molecule has 1 aliphatic carbocycles. The van der Waals surface area contributed by atoms with E-state index in [-0.39, 0.29) is 11.1 Å². The van der Waals surface area contributed by atoms with Crippen molar-refractivity contribution >= 4 is 11.9 Å². The maximum atomic E-state index is 10.1. The van der Waals surface area contributed by atoms with Crippen molar-refractivity contribution in [3.63, 3.8) is 0 Å². The number of para-hydroxylation sites is 2. The van der Waals surface area contributed by atoms with Crippen molar-refractivity contribution in [2.45, 2.75) is 209 Å². The molecule has 0 spiro atoms. The second-order valence-electron chi connectivity index (χ2n) is 24.5. The van der Waals surface area contributed by atoms with Gasteiger partial charge in [0, 0.05) is 47.9 Å². The van der Waals surface area contributed by atoms with Crippen molar-refractivity contribution in [1.82, 2.24) is 9.13 Å². The Labute approximate surface area is 550 Å². The lowest BCUT2D eigenvalue weighted by Crippen LogP contribution is -2.30. The summed E-state index contributed by atoms with van der Waals surface area (Å²) in [5.74, 6) is 1.62. The summed E-state index contributed by atoms with van der Waals surface area (Å²) >= 11 is 0. The van der Waals surface area contributed by atoms with Gasteiger partial charge in [-0.1, -0.05) is 216 Å². The molecular formula is C80H104N4O8. The third-order valence-electron chi connectivity index (χ3n) is 16.7. The second kappa shape index (κ2) is 40.0. The van der Waals surface area contributed by atoms with E-state index in [0.29, 0.717) is 52.1 Å². The molecule has 0 radical (unpaired) electrons. The van der Waals surface area contributed by atoms with Crippen molar-refractivity contribution < 1.29 is 47.9 Å². The van der Waals surface area contributed by atoms with E-state index in [4.69, 9.17) is 18.9 Å². The Balaban J connectivity index is 0.000000571. The molecule has 0 N–H and O–H groups in total. The first-order valence-electron chi connectivity index (χ1n) is 34.8. The zero-order valence-electron chi connectivity index (χ0n) is 56.3. The number of rotatable bonds is 34. The van der Waals surface area contributed by atoms with Gasteiger partial charge in [-0.15, -0.1) is 0 Å². The molecule has 0 aliphatic heterocycles. The average Bonchev–Trinajstić information content (AvgIpc) is 1.64. The number of aromatic nitrogens is 4. The van der Waals surface area contributed by atoms with Crippen LogP contribution in [0.3, 0.4) is 0 Å². The highest BCUT2D eigenvalue weighted by atomic mass is 16.5. The monoisotopic (exact) mass is 1250 g/mol. The number of ether oxygens (including phenoxy) is 4. The molecule has 2 heterocycles. The number of carbonyl (C=O) groups excluding carboxylic acids is 2. The topological polar surface area (TPSA) is 135 Å². The van der Waals surface area contributed by atoms with Crippen molar-refractivity contribution in [3.8, 4) is 34.4 Å². The van der Waals surface area contributed by atoms with Crippen LogP contribution in [0.25, 0.3) is 11.4 Å². The minimum absolute atomic E-state index is 0.220. The number of aromatic carboxylic acids is 2. The third-order valence-corrected chi connectivity index (χ3v) is 16.7. The van der Waals surface area contributed by atoms with Crippen LogP contribution in [0.2, 0.25) is 0 Å². The Bertz CT molecular complexity index is 3130. The number of fused-ring (bicyclic) bond motifs is 8. The quantitative estimate of drug-likeness (QED) is 0.0287. The number of aryl methyl sites for hydroxylation is 2. The molecule has 12 nitrogen and oxygen atoms in total. The van der Waals surface area contributed by atoms with Crippen LogP contribution in [0.1, 0.15) is 235 Å². The van der Waals surface area contributed by atoms with Gasteiger partial charge in [-0.3, -0.25) is 0 Å². The molecule has 6 aromatic carbocycles. The minimum Gasteiger partial charge on any atom is -0.545 e. The summed E-state index contributed by atoms with van der Waals surface area (Å²) in [4.78, 5) is 20.2. The summed E-state index contributed by atoms with van der Waals surface area (Å²) in [6.45, 7) is 18.0. The van der Waals surface area contributed by atoms with Gasteiger partial charge in [0.2, 0.25) is 12.7 Å². The number of carbonyl (C=O) groups is 2. The minimum atomic E-state index is -1.13. The summed E-state index contributed by atoms with van der Waals surface area (Å²) < 4.78 is 37.0. The van der Waals surface area contributed by atoms with Crippen LogP contribution < -0.4 is 38.3 Å². The van der Waals surface area contributed by atoms with E-state index in [2.05, 4.69) is 158 Å². The molecule has 2 aromatic heterocycles. The molecule has 8 bridgehead atoms. The smallest absolute Gasteiger partial charge is 0.248 e. The van der Waals surface area contributed by atoms with Crippen molar-refractivity contribution in [2.75, 3.05) is 26.4 Å². The van der Waals surface area contributed by atoms with Crippen LogP contribution in [0, 0.1) is 0 Å². The zero-order valence-corrected chi connectivity index (χ0v) is 56.3. The number of unbranched alkanes of at least 4 members (excludes halogenated alkanes) is 14. The van der Waals surface area contributed by atoms with E-state index in [1.165, 1.54) is 149 Å². The molecular weight excluding hydrogens is 1140 g/mol. The summed E-state index contributed by atoms with van der Waals surface area (Å²) in [5, 5.41) is 20.2. The highest BCUT2D eigenvalue weighted by molar-refractivity contribution is 5.86. The average molecular weight is 1250 g/mol. The molecule has 9 rings (SSSR count). The number of carboxylic acid groups (broad SMARTS) is 2. The van der Waals surface area contributed by atoms with Crippen LogP contribution in [0.5, 0.6) is 23.0 Å². The van der Waals surface area contributed by atoms with Crippen molar-refractivity contribution in [3.05, 3.63) is 214 Å². The number of nitrogens with zero attached hydrogens (tertiary/aromatic N) is 4. The number of carboxylic acids is 2. The van der Waals surface area contributed by atoms with E-state index in [9.17, 15) is 19.8 Å². The predicted octanol–water partition coefficient (Wildman–Crippen LogP) is 16.1. The van der Waals surface area contributed by atoms with Crippen LogP contribution in [-0.4, -0.2) is 47.5 Å². The molecule has 0 saturated heterocycles. The van der Waals surface area contributed by atoms with E-state index in [1.54, 1.807) is 36.4 Å². The number of imidazole rings is 2.